The van der Waals surface area contributed by atoms with E-state index in [1.165, 1.54) is 4.90 Å². The van der Waals surface area contributed by atoms with Gasteiger partial charge in [-0.15, -0.1) is 0 Å². The number of rotatable bonds is 4. The van der Waals surface area contributed by atoms with Crippen molar-refractivity contribution in [3.8, 4) is 0 Å². The van der Waals surface area contributed by atoms with Crippen LogP contribution in [0, 0.1) is 5.92 Å². The monoisotopic (exact) mass is 259 g/mol. The van der Waals surface area contributed by atoms with Crippen LogP contribution in [0.15, 0.2) is 30.3 Å². The van der Waals surface area contributed by atoms with E-state index in [4.69, 9.17) is 4.74 Å². The average Bonchev–Trinajstić information content (AvgIpc) is 3.13. The molecule has 1 saturated carbocycles. The molecule has 1 aromatic rings. The van der Waals surface area contributed by atoms with Gasteiger partial charge in [0.2, 0.25) is 5.91 Å². The highest BCUT2D eigenvalue weighted by molar-refractivity contribution is 5.93. The lowest BCUT2D eigenvalue weighted by Crippen LogP contribution is -2.32. The van der Waals surface area contributed by atoms with Crippen molar-refractivity contribution < 1.29 is 14.3 Å². The first-order chi connectivity index (χ1) is 9.22. The molecule has 1 saturated heterocycles. The molecule has 19 heavy (non-hydrogen) atoms. The molecule has 0 aromatic heterocycles. The lowest BCUT2D eigenvalue weighted by molar-refractivity contribution is -0.128. The Balaban J connectivity index is 1.58. The third-order valence-corrected chi connectivity index (χ3v) is 3.64. The number of benzene rings is 1. The summed E-state index contributed by atoms with van der Waals surface area (Å²) >= 11 is 0. The van der Waals surface area contributed by atoms with Gasteiger partial charge in [-0.2, -0.15) is 0 Å². The van der Waals surface area contributed by atoms with Crippen LogP contribution in [0.25, 0.3) is 0 Å². The third kappa shape index (κ3) is 2.95. The lowest BCUT2D eigenvalue weighted by Gasteiger charge is -2.10. The predicted octanol–water partition coefficient (Wildman–Crippen LogP) is 2.38. The minimum absolute atomic E-state index is 0.0805. The van der Waals surface area contributed by atoms with Gasteiger partial charge in [-0.1, -0.05) is 30.3 Å². The summed E-state index contributed by atoms with van der Waals surface area (Å²) in [7, 11) is 0. The Kier molecular flexibility index (Phi) is 3.23. The Morgan fingerprint density at radius 3 is 2.68 bits per heavy atom. The zero-order valence-electron chi connectivity index (χ0n) is 10.7. The molecule has 3 rings (SSSR count). The normalized spacial score (nSPS) is 22.4. The fraction of sp³-hybridized carbons (Fsp3) is 0.467. The molecule has 2 fully saturated rings. The summed E-state index contributed by atoms with van der Waals surface area (Å²) < 4.78 is 5.27. The van der Waals surface area contributed by atoms with Gasteiger partial charge >= 0.3 is 6.09 Å². The SMILES string of the molecule is O=C(CC1CC1)N1CC(Cc2ccccc2)OC1=O. The smallest absolute Gasteiger partial charge is 0.416 e. The summed E-state index contributed by atoms with van der Waals surface area (Å²) in [6.45, 7) is 0.388. The minimum Gasteiger partial charge on any atom is -0.444 e. The number of hydrogen-bond acceptors (Lipinski definition) is 3. The Morgan fingerprint density at radius 2 is 2.00 bits per heavy atom. The quantitative estimate of drug-likeness (QED) is 0.834. The highest BCUT2D eigenvalue weighted by Crippen LogP contribution is 2.33. The van der Waals surface area contributed by atoms with Crippen LogP contribution in [-0.2, 0) is 16.0 Å². The number of carbonyl (C=O) groups is 2. The molecule has 1 unspecified atom stereocenters. The van der Waals surface area contributed by atoms with Crippen LogP contribution in [0.2, 0.25) is 0 Å². The van der Waals surface area contributed by atoms with E-state index >= 15 is 0 Å². The number of imide groups is 1. The summed E-state index contributed by atoms with van der Waals surface area (Å²) in [5.74, 6) is 0.413. The molecule has 0 N–H and O–H groups in total. The number of cyclic esters (lactones) is 1. The van der Waals surface area contributed by atoms with Crippen molar-refractivity contribution in [1.29, 1.82) is 0 Å². The fourth-order valence-electron chi connectivity index (χ4n) is 2.39. The molecule has 1 atom stereocenters. The molecule has 0 radical (unpaired) electrons. The summed E-state index contributed by atoms with van der Waals surface area (Å²) in [6.07, 6.45) is 2.70. The standard InChI is InChI=1S/C15H17NO3/c17-14(9-12-6-7-12)16-10-13(19-15(16)18)8-11-4-2-1-3-5-11/h1-5,12-13H,6-10H2. The zero-order chi connectivity index (χ0) is 13.2. The molecule has 1 aliphatic carbocycles. The van der Waals surface area contributed by atoms with Gasteiger partial charge in [-0.25, -0.2) is 9.69 Å². The Bertz CT molecular complexity index is 481. The second kappa shape index (κ2) is 5.03. The largest absolute Gasteiger partial charge is 0.444 e. The maximum Gasteiger partial charge on any atom is 0.416 e. The van der Waals surface area contributed by atoms with Crippen molar-refractivity contribution in [2.75, 3.05) is 6.54 Å². The van der Waals surface area contributed by atoms with Crippen molar-refractivity contribution in [3.63, 3.8) is 0 Å². The summed E-state index contributed by atoms with van der Waals surface area (Å²) in [5.41, 5.74) is 1.12. The van der Waals surface area contributed by atoms with E-state index in [0.717, 1.165) is 18.4 Å². The third-order valence-electron chi connectivity index (χ3n) is 3.64. The van der Waals surface area contributed by atoms with Gasteiger partial charge in [-0.05, 0) is 24.3 Å². The number of ether oxygens (including phenoxy) is 1. The van der Waals surface area contributed by atoms with Crippen molar-refractivity contribution >= 4 is 12.0 Å². The number of hydrogen-bond donors (Lipinski definition) is 0. The molecule has 2 aliphatic rings. The molecule has 4 nitrogen and oxygen atoms in total. The van der Waals surface area contributed by atoms with Gasteiger partial charge in [0, 0.05) is 12.8 Å². The number of amides is 2. The van der Waals surface area contributed by atoms with Crippen LogP contribution < -0.4 is 0 Å². The van der Waals surface area contributed by atoms with Gasteiger partial charge in [0.05, 0.1) is 6.54 Å². The average molecular weight is 259 g/mol. The van der Waals surface area contributed by atoms with Crippen molar-refractivity contribution in [2.45, 2.75) is 31.8 Å². The Hall–Kier alpha value is -1.84. The van der Waals surface area contributed by atoms with Crippen LogP contribution in [0.5, 0.6) is 0 Å². The first-order valence-corrected chi connectivity index (χ1v) is 6.77. The first kappa shape index (κ1) is 12.2. The molecule has 0 spiro atoms. The predicted molar refractivity (Wildman–Crippen MR) is 69.5 cm³/mol. The van der Waals surface area contributed by atoms with E-state index < -0.39 is 6.09 Å². The van der Waals surface area contributed by atoms with Gasteiger partial charge in [0.15, 0.2) is 0 Å². The van der Waals surface area contributed by atoms with E-state index in [2.05, 4.69) is 0 Å². The molecule has 4 heteroatoms. The second-order valence-electron chi connectivity index (χ2n) is 5.35. The van der Waals surface area contributed by atoms with E-state index in [1.807, 2.05) is 30.3 Å². The highest BCUT2D eigenvalue weighted by Gasteiger charge is 2.37. The van der Waals surface area contributed by atoms with Gasteiger partial charge in [-0.3, -0.25) is 4.79 Å². The van der Waals surface area contributed by atoms with Crippen LogP contribution in [0.4, 0.5) is 4.79 Å². The highest BCUT2D eigenvalue weighted by atomic mass is 16.6. The maximum absolute atomic E-state index is 11.9. The minimum atomic E-state index is -0.480. The summed E-state index contributed by atoms with van der Waals surface area (Å²) in [6, 6.07) is 9.88. The molecule has 2 amide bonds. The summed E-state index contributed by atoms with van der Waals surface area (Å²) in [5, 5.41) is 0. The van der Waals surface area contributed by atoms with Crippen LogP contribution in [0.1, 0.15) is 24.8 Å². The topological polar surface area (TPSA) is 46.6 Å². The summed E-state index contributed by atoms with van der Waals surface area (Å²) in [4.78, 5) is 24.9. The van der Waals surface area contributed by atoms with E-state index in [9.17, 15) is 9.59 Å². The van der Waals surface area contributed by atoms with E-state index in [1.54, 1.807) is 0 Å². The van der Waals surface area contributed by atoms with Gasteiger partial charge in [0.1, 0.15) is 6.10 Å². The van der Waals surface area contributed by atoms with Crippen LogP contribution >= 0.6 is 0 Å². The lowest BCUT2D eigenvalue weighted by atomic mass is 10.1. The van der Waals surface area contributed by atoms with Crippen LogP contribution in [-0.4, -0.2) is 29.5 Å². The molecular weight excluding hydrogens is 242 g/mol. The van der Waals surface area contributed by atoms with E-state index in [-0.39, 0.29) is 12.0 Å². The van der Waals surface area contributed by atoms with Crippen LogP contribution in [0.3, 0.4) is 0 Å². The van der Waals surface area contributed by atoms with Gasteiger partial charge in [0.25, 0.3) is 0 Å². The molecule has 1 heterocycles. The number of nitrogens with zero attached hydrogens (tertiary/aromatic N) is 1. The Labute approximate surface area is 112 Å². The molecule has 1 aliphatic heterocycles. The maximum atomic E-state index is 11.9. The van der Waals surface area contributed by atoms with E-state index in [0.29, 0.717) is 25.3 Å². The fourth-order valence-corrected chi connectivity index (χ4v) is 2.39. The molecule has 100 valence electrons. The molecule has 1 aromatic carbocycles. The molecule has 0 bridgehead atoms. The van der Waals surface area contributed by atoms with Crippen molar-refractivity contribution in [2.24, 2.45) is 5.92 Å². The van der Waals surface area contributed by atoms with Gasteiger partial charge < -0.3 is 4.74 Å². The molecular formula is C15H17NO3. The second-order valence-corrected chi connectivity index (χ2v) is 5.35. The van der Waals surface area contributed by atoms with Crippen molar-refractivity contribution in [1.82, 2.24) is 4.90 Å². The first-order valence-electron chi connectivity index (χ1n) is 6.77. The zero-order valence-corrected chi connectivity index (χ0v) is 10.7. The number of carbonyl (C=O) groups excluding carboxylic acids is 2. The Morgan fingerprint density at radius 1 is 1.26 bits per heavy atom. The van der Waals surface area contributed by atoms with Crippen molar-refractivity contribution in [3.05, 3.63) is 35.9 Å².